The largest absolute Gasteiger partial charge is 0.494 e. The fourth-order valence-electron chi connectivity index (χ4n) is 3.52. The van der Waals surface area contributed by atoms with E-state index in [2.05, 4.69) is 15.4 Å². The highest BCUT2D eigenvalue weighted by Gasteiger charge is 2.18. The number of nitrogens with one attached hydrogen (secondary N) is 3. The van der Waals surface area contributed by atoms with Crippen molar-refractivity contribution in [1.82, 2.24) is 4.72 Å². The maximum absolute atomic E-state index is 12.9. The van der Waals surface area contributed by atoms with Gasteiger partial charge in [0.2, 0.25) is 10.0 Å². The molecule has 0 radical (unpaired) electrons. The summed E-state index contributed by atoms with van der Waals surface area (Å²) in [4.78, 5) is 25.5. The van der Waals surface area contributed by atoms with Crippen molar-refractivity contribution in [1.29, 1.82) is 0 Å². The molecule has 3 aromatic carbocycles. The van der Waals surface area contributed by atoms with Gasteiger partial charge in [-0.15, -0.1) is 0 Å². The third-order valence-electron chi connectivity index (χ3n) is 5.50. The lowest BCUT2D eigenvalue weighted by molar-refractivity contribution is 0.101. The lowest BCUT2D eigenvalue weighted by Crippen LogP contribution is -2.23. The van der Waals surface area contributed by atoms with Crippen LogP contribution in [0.25, 0.3) is 0 Å². The average Bonchev–Trinajstić information content (AvgIpc) is 3.47. The van der Waals surface area contributed by atoms with Crippen LogP contribution >= 0.6 is 0 Å². The topological polar surface area (TPSA) is 136 Å². The van der Waals surface area contributed by atoms with E-state index in [9.17, 15) is 18.0 Å². The molecular weight excluding hydrogens is 510 g/mol. The maximum Gasteiger partial charge on any atom is 0.255 e. The fraction of sp³-hybridized carbons (Fsp3) is 0.111. The van der Waals surface area contributed by atoms with Gasteiger partial charge < -0.3 is 24.5 Å². The van der Waals surface area contributed by atoms with Gasteiger partial charge in [0.05, 0.1) is 43.3 Å². The van der Waals surface area contributed by atoms with Gasteiger partial charge in [-0.25, -0.2) is 13.1 Å². The van der Waals surface area contributed by atoms with Gasteiger partial charge in [-0.3, -0.25) is 9.59 Å². The molecule has 0 aliphatic heterocycles. The minimum absolute atomic E-state index is 0.000989. The predicted octanol–water partition coefficient (Wildman–Crippen LogP) is 4.28. The Hall–Kier alpha value is -4.61. The monoisotopic (exact) mass is 535 g/mol. The smallest absolute Gasteiger partial charge is 0.255 e. The number of carbonyl (C=O) groups excluding carboxylic acids is 2. The first-order chi connectivity index (χ1) is 18.3. The van der Waals surface area contributed by atoms with Crippen molar-refractivity contribution in [2.24, 2.45) is 0 Å². The lowest BCUT2D eigenvalue weighted by Gasteiger charge is -2.16. The van der Waals surface area contributed by atoms with E-state index in [-0.39, 0.29) is 28.7 Å². The van der Waals surface area contributed by atoms with E-state index < -0.39 is 15.9 Å². The van der Waals surface area contributed by atoms with Gasteiger partial charge in [0, 0.05) is 23.3 Å². The average molecular weight is 536 g/mol. The van der Waals surface area contributed by atoms with E-state index in [1.807, 2.05) is 6.07 Å². The zero-order valence-corrected chi connectivity index (χ0v) is 21.4. The number of methoxy groups -OCH3 is 2. The van der Waals surface area contributed by atoms with Gasteiger partial charge >= 0.3 is 0 Å². The van der Waals surface area contributed by atoms with Crippen molar-refractivity contribution in [3.8, 4) is 11.5 Å². The summed E-state index contributed by atoms with van der Waals surface area (Å²) >= 11 is 0. The third-order valence-corrected chi connectivity index (χ3v) is 6.91. The number of amides is 2. The Bertz CT molecular complexity index is 1520. The molecule has 0 atom stereocenters. The van der Waals surface area contributed by atoms with Gasteiger partial charge in [0.15, 0.2) is 0 Å². The minimum atomic E-state index is -3.81. The molecule has 0 spiro atoms. The van der Waals surface area contributed by atoms with E-state index in [4.69, 9.17) is 13.9 Å². The molecule has 38 heavy (non-hydrogen) atoms. The molecule has 0 saturated carbocycles. The van der Waals surface area contributed by atoms with Gasteiger partial charge in [-0.1, -0.05) is 18.2 Å². The summed E-state index contributed by atoms with van der Waals surface area (Å²) in [6, 6.07) is 20.5. The van der Waals surface area contributed by atoms with E-state index in [1.165, 1.54) is 56.9 Å². The first kappa shape index (κ1) is 26.5. The van der Waals surface area contributed by atoms with Crippen molar-refractivity contribution < 1.29 is 31.9 Å². The second-order valence-electron chi connectivity index (χ2n) is 7.96. The first-order valence-corrected chi connectivity index (χ1v) is 12.8. The van der Waals surface area contributed by atoms with Crippen LogP contribution in [-0.2, 0) is 16.6 Å². The summed E-state index contributed by atoms with van der Waals surface area (Å²) in [5, 5.41) is 5.51. The highest BCUT2D eigenvalue weighted by molar-refractivity contribution is 7.89. The number of hydrogen-bond acceptors (Lipinski definition) is 7. The van der Waals surface area contributed by atoms with E-state index >= 15 is 0 Å². The third kappa shape index (κ3) is 6.20. The molecule has 3 N–H and O–H groups in total. The molecule has 0 aliphatic carbocycles. The van der Waals surface area contributed by atoms with Crippen LogP contribution in [0.4, 0.5) is 11.4 Å². The molecule has 0 unspecified atom stereocenters. The molecule has 0 saturated heterocycles. The zero-order chi connectivity index (χ0) is 27.1. The quantitative estimate of drug-likeness (QED) is 0.276. The van der Waals surface area contributed by atoms with Crippen LogP contribution in [0.5, 0.6) is 11.5 Å². The molecule has 2 amide bonds. The summed E-state index contributed by atoms with van der Waals surface area (Å²) in [6.07, 6.45) is 1.45. The molecule has 4 rings (SSSR count). The Labute approximate surface area is 219 Å². The number of anilines is 2. The Balaban J connectivity index is 1.48. The molecule has 4 aromatic rings. The minimum Gasteiger partial charge on any atom is -0.494 e. The second kappa shape index (κ2) is 11.6. The lowest BCUT2D eigenvalue weighted by atomic mass is 10.1. The summed E-state index contributed by atoms with van der Waals surface area (Å²) in [7, 11) is -0.944. The Morgan fingerprint density at radius 2 is 1.32 bits per heavy atom. The normalized spacial score (nSPS) is 11.0. The molecule has 0 bridgehead atoms. The fourth-order valence-corrected chi connectivity index (χ4v) is 4.51. The van der Waals surface area contributed by atoms with Crippen LogP contribution in [0, 0.1) is 0 Å². The Kier molecular flexibility index (Phi) is 8.09. The van der Waals surface area contributed by atoms with Crippen LogP contribution in [-0.4, -0.2) is 34.5 Å². The SMILES string of the molecule is COc1cc(NC(=O)c2ccc(S(=O)(=O)NCc3ccco3)cc2)c(OC)cc1NC(=O)c1ccccc1. The van der Waals surface area contributed by atoms with E-state index in [0.29, 0.717) is 28.4 Å². The Morgan fingerprint density at radius 1 is 0.763 bits per heavy atom. The predicted molar refractivity (Wildman–Crippen MR) is 141 cm³/mol. The number of hydrogen-bond donors (Lipinski definition) is 3. The van der Waals surface area contributed by atoms with Crippen LogP contribution in [0.1, 0.15) is 26.5 Å². The molecule has 11 heteroatoms. The van der Waals surface area contributed by atoms with Crippen molar-refractivity contribution in [3.05, 3.63) is 102 Å². The van der Waals surface area contributed by atoms with Gasteiger partial charge in [0.25, 0.3) is 11.8 Å². The highest BCUT2D eigenvalue weighted by atomic mass is 32.2. The summed E-state index contributed by atoms with van der Waals surface area (Å²) in [6.45, 7) is 0.000989. The van der Waals surface area contributed by atoms with Crippen molar-refractivity contribution in [2.75, 3.05) is 24.9 Å². The van der Waals surface area contributed by atoms with E-state index in [1.54, 1.807) is 36.4 Å². The number of carbonyl (C=O) groups is 2. The van der Waals surface area contributed by atoms with Crippen LogP contribution < -0.4 is 24.8 Å². The van der Waals surface area contributed by atoms with Crippen molar-refractivity contribution in [2.45, 2.75) is 11.4 Å². The number of furan rings is 1. The summed E-state index contributed by atoms with van der Waals surface area (Å²) in [5.74, 6) is 0.216. The van der Waals surface area contributed by atoms with Gasteiger partial charge in [-0.2, -0.15) is 0 Å². The number of sulfonamides is 1. The standard InChI is InChI=1S/C27H25N3O7S/c1-35-24-16-23(25(36-2)15-22(24)29-26(31)18-7-4-3-5-8-18)30-27(32)19-10-12-21(13-11-19)38(33,34)28-17-20-9-6-14-37-20/h3-16,28H,17H2,1-2H3,(H,29,31)(H,30,32). The Morgan fingerprint density at radius 3 is 1.82 bits per heavy atom. The molecule has 1 heterocycles. The first-order valence-electron chi connectivity index (χ1n) is 11.4. The van der Waals surface area contributed by atoms with Gasteiger partial charge in [-0.05, 0) is 48.5 Å². The molecule has 0 aliphatic rings. The molecular formula is C27H25N3O7S. The highest BCUT2D eigenvalue weighted by Crippen LogP contribution is 2.37. The molecule has 10 nitrogen and oxygen atoms in total. The van der Waals surface area contributed by atoms with Crippen molar-refractivity contribution >= 4 is 33.2 Å². The molecule has 1 aromatic heterocycles. The van der Waals surface area contributed by atoms with Crippen molar-refractivity contribution in [3.63, 3.8) is 0 Å². The van der Waals surface area contributed by atoms with Crippen LogP contribution in [0.15, 0.2) is 94.4 Å². The maximum atomic E-state index is 12.9. The summed E-state index contributed by atoms with van der Waals surface area (Å²) < 4.78 is 43.5. The number of benzene rings is 3. The second-order valence-corrected chi connectivity index (χ2v) is 9.72. The van der Waals surface area contributed by atoms with Gasteiger partial charge in [0.1, 0.15) is 17.3 Å². The zero-order valence-electron chi connectivity index (χ0n) is 20.6. The number of ether oxygens (including phenoxy) is 2. The summed E-state index contributed by atoms with van der Waals surface area (Å²) in [5.41, 5.74) is 1.33. The number of rotatable bonds is 10. The molecule has 196 valence electrons. The van der Waals surface area contributed by atoms with E-state index in [0.717, 1.165) is 0 Å². The van der Waals surface area contributed by atoms with Crippen LogP contribution in [0.2, 0.25) is 0 Å². The molecule has 0 fully saturated rings. The van der Waals surface area contributed by atoms with Crippen LogP contribution in [0.3, 0.4) is 0 Å².